The molecule has 0 aromatic carbocycles. The van der Waals surface area contributed by atoms with Gasteiger partial charge in [-0.2, -0.15) is 0 Å². The van der Waals surface area contributed by atoms with Crippen LogP contribution in [0.1, 0.15) is 52.9 Å². The molecule has 0 saturated carbocycles. The third kappa shape index (κ3) is 3.75. The second-order valence-corrected chi connectivity index (χ2v) is 7.43. The lowest BCUT2D eigenvalue weighted by Crippen LogP contribution is -2.71. The average Bonchev–Trinajstić information content (AvgIpc) is 2.36. The van der Waals surface area contributed by atoms with Crippen molar-refractivity contribution in [2.24, 2.45) is 17.3 Å². The Kier molecular flexibility index (Phi) is 5.48. The van der Waals surface area contributed by atoms with E-state index >= 15 is 0 Å². The van der Waals surface area contributed by atoms with Crippen LogP contribution >= 0.6 is 0 Å². The summed E-state index contributed by atoms with van der Waals surface area (Å²) >= 11 is 0. The molecule has 20 heavy (non-hydrogen) atoms. The van der Waals surface area contributed by atoms with E-state index < -0.39 is 0 Å². The molecular formula is C17H32N2O. The van der Waals surface area contributed by atoms with E-state index in [2.05, 4.69) is 25.7 Å². The van der Waals surface area contributed by atoms with Gasteiger partial charge in [0.2, 0.25) is 6.41 Å². The van der Waals surface area contributed by atoms with Crippen molar-refractivity contribution < 1.29 is 4.79 Å². The predicted molar refractivity (Wildman–Crippen MR) is 83.6 cm³/mol. The molecular weight excluding hydrogens is 248 g/mol. The molecule has 0 aliphatic carbocycles. The van der Waals surface area contributed by atoms with Crippen molar-refractivity contribution in [3.63, 3.8) is 0 Å². The van der Waals surface area contributed by atoms with Crippen molar-refractivity contribution in [1.82, 2.24) is 9.80 Å². The topological polar surface area (TPSA) is 23.6 Å². The standard InChI is InChI=1S/C17H32N2O/c1-4-6-16(8-7-15(3)5-2)9-18-10-17(11-18)12-19(13-17)14-20/h14-16H,4-13H2,1-3H3. The monoisotopic (exact) mass is 280 g/mol. The summed E-state index contributed by atoms with van der Waals surface area (Å²) in [7, 11) is 0. The Morgan fingerprint density at radius 2 is 1.80 bits per heavy atom. The molecule has 2 atom stereocenters. The Balaban J connectivity index is 1.67. The fraction of sp³-hybridized carbons (Fsp3) is 0.941. The van der Waals surface area contributed by atoms with Crippen LogP contribution in [0.25, 0.3) is 0 Å². The van der Waals surface area contributed by atoms with Gasteiger partial charge < -0.3 is 9.80 Å². The number of nitrogens with zero attached hydrogens (tertiary/aromatic N) is 2. The minimum Gasteiger partial charge on any atom is -0.344 e. The SMILES string of the molecule is CCCC(CCC(C)CC)CN1CC2(CN(C=O)C2)C1. The second kappa shape index (κ2) is 6.93. The third-order valence-electron chi connectivity index (χ3n) is 5.32. The zero-order chi connectivity index (χ0) is 14.6. The van der Waals surface area contributed by atoms with Crippen LogP contribution in [0, 0.1) is 17.3 Å². The number of carbonyl (C=O) groups is 1. The molecule has 0 aromatic rings. The van der Waals surface area contributed by atoms with Gasteiger partial charge in [-0.25, -0.2) is 0 Å². The van der Waals surface area contributed by atoms with Crippen molar-refractivity contribution in [1.29, 1.82) is 0 Å². The summed E-state index contributed by atoms with van der Waals surface area (Å²) in [5, 5.41) is 0. The largest absolute Gasteiger partial charge is 0.344 e. The number of hydrogen-bond donors (Lipinski definition) is 0. The minimum absolute atomic E-state index is 0.481. The molecule has 2 unspecified atom stereocenters. The zero-order valence-corrected chi connectivity index (χ0v) is 13.6. The Labute approximate surface area is 124 Å². The summed E-state index contributed by atoms with van der Waals surface area (Å²) in [6.45, 7) is 12.7. The van der Waals surface area contributed by atoms with Gasteiger partial charge in [0.05, 0.1) is 0 Å². The van der Waals surface area contributed by atoms with Gasteiger partial charge in [0, 0.05) is 38.1 Å². The first kappa shape index (κ1) is 15.8. The predicted octanol–water partition coefficient (Wildman–Crippen LogP) is 3.00. The summed E-state index contributed by atoms with van der Waals surface area (Å²) in [5.74, 6) is 1.76. The number of hydrogen-bond acceptors (Lipinski definition) is 2. The highest BCUT2D eigenvalue weighted by atomic mass is 16.1. The number of amides is 1. The molecule has 2 aliphatic rings. The van der Waals surface area contributed by atoms with Crippen molar-refractivity contribution in [3.8, 4) is 0 Å². The van der Waals surface area contributed by atoms with E-state index in [1.807, 2.05) is 4.90 Å². The van der Waals surface area contributed by atoms with Crippen LogP contribution in [0.2, 0.25) is 0 Å². The van der Waals surface area contributed by atoms with E-state index in [4.69, 9.17) is 0 Å². The molecule has 2 aliphatic heterocycles. The lowest BCUT2D eigenvalue weighted by molar-refractivity contribution is -0.147. The molecule has 0 N–H and O–H groups in total. The van der Waals surface area contributed by atoms with Gasteiger partial charge in [-0.3, -0.25) is 4.79 Å². The summed E-state index contributed by atoms with van der Waals surface area (Å²) < 4.78 is 0. The highest BCUT2D eigenvalue weighted by molar-refractivity contribution is 5.49. The van der Waals surface area contributed by atoms with Crippen LogP contribution in [-0.2, 0) is 4.79 Å². The maximum Gasteiger partial charge on any atom is 0.209 e. The van der Waals surface area contributed by atoms with Gasteiger partial charge >= 0.3 is 0 Å². The quantitative estimate of drug-likeness (QED) is 0.606. The third-order valence-corrected chi connectivity index (χ3v) is 5.32. The molecule has 3 heteroatoms. The zero-order valence-electron chi connectivity index (χ0n) is 13.6. The maximum atomic E-state index is 10.6. The van der Waals surface area contributed by atoms with Crippen LogP contribution in [0.5, 0.6) is 0 Å². The molecule has 1 spiro atoms. The van der Waals surface area contributed by atoms with E-state index in [1.165, 1.54) is 51.7 Å². The summed E-state index contributed by atoms with van der Waals surface area (Å²) in [5.41, 5.74) is 0.481. The molecule has 116 valence electrons. The van der Waals surface area contributed by atoms with Gasteiger partial charge in [0.25, 0.3) is 0 Å². The Morgan fingerprint density at radius 1 is 1.10 bits per heavy atom. The Bertz CT molecular complexity index is 304. The van der Waals surface area contributed by atoms with Crippen LogP contribution in [-0.4, -0.2) is 48.9 Å². The minimum atomic E-state index is 0.481. The van der Waals surface area contributed by atoms with E-state index in [9.17, 15) is 4.79 Å². The summed E-state index contributed by atoms with van der Waals surface area (Å²) in [4.78, 5) is 15.2. The normalized spacial score (nSPS) is 24.1. The molecule has 3 nitrogen and oxygen atoms in total. The van der Waals surface area contributed by atoms with Gasteiger partial charge in [-0.05, 0) is 24.7 Å². The van der Waals surface area contributed by atoms with Crippen LogP contribution in [0.15, 0.2) is 0 Å². The second-order valence-electron chi connectivity index (χ2n) is 7.43. The first-order valence-corrected chi connectivity index (χ1v) is 8.52. The van der Waals surface area contributed by atoms with E-state index in [1.54, 1.807) is 0 Å². The fourth-order valence-electron chi connectivity index (χ4n) is 3.95. The Morgan fingerprint density at radius 3 is 2.35 bits per heavy atom. The van der Waals surface area contributed by atoms with E-state index in [-0.39, 0.29) is 0 Å². The van der Waals surface area contributed by atoms with E-state index in [0.29, 0.717) is 5.41 Å². The first-order valence-electron chi connectivity index (χ1n) is 8.52. The molecule has 2 heterocycles. The molecule has 2 saturated heterocycles. The van der Waals surface area contributed by atoms with Crippen molar-refractivity contribution in [2.75, 3.05) is 32.7 Å². The molecule has 0 bridgehead atoms. The molecule has 0 aromatic heterocycles. The van der Waals surface area contributed by atoms with Gasteiger partial charge in [-0.15, -0.1) is 0 Å². The smallest absolute Gasteiger partial charge is 0.209 e. The van der Waals surface area contributed by atoms with Crippen molar-refractivity contribution in [2.45, 2.75) is 52.9 Å². The highest BCUT2D eigenvalue weighted by Gasteiger charge is 2.51. The number of likely N-dealkylation sites (tertiary alicyclic amines) is 2. The van der Waals surface area contributed by atoms with Gasteiger partial charge in [0.15, 0.2) is 0 Å². The molecule has 0 radical (unpaired) electrons. The lowest BCUT2D eigenvalue weighted by Gasteiger charge is -2.60. The molecule has 1 amide bonds. The van der Waals surface area contributed by atoms with Crippen LogP contribution in [0.4, 0.5) is 0 Å². The van der Waals surface area contributed by atoms with Crippen molar-refractivity contribution >= 4 is 6.41 Å². The molecule has 2 fully saturated rings. The van der Waals surface area contributed by atoms with Crippen LogP contribution in [0.3, 0.4) is 0 Å². The Hall–Kier alpha value is -0.570. The number of rotatable bonds is 9. The average molecular weight is 280 g/mol. The molecule has 2 rings (SSSR count). The summed E-state index contributed by atoms with van der Waals surface area (Å²) in [6.07, 6.45) is 7.78. The summed E-state index contributed by atoms with van der Waals surface area (Å²) in [6, 6.07) is 0. The number of carbonyl (C=O) groups excluding carboxylic acids is 1. The van der Waals surface area contributed by atoms with Gasteiger partial charge in [0.1, 0.15) is 0 Å². The van der Waals surface area contributed by atoms with E-state index in [0.717, 1.165) is 31.3 Å². The van der Waals surface area contributed by atoms with Crippen LogP contribution < -0.4 is 0 Å². The maximum absolute atomic E-state index is 10.6. The van der Waals surface area contributed by atoms with Gasteiger partial charge in [-0.1, -0.05) is 40.0 Å². The highest BCUT2D eigenvalue weighted by Crippen LogP contribution is 2.39. The fourth-order valence-corrected chi connectivity index (χ4v) is 3.95. The lowest BCUT2D eigenvalue weighted by atomic mass is 9.72. The first-order chi connectivity index (χ1) is 9.60. The van der Waals surface area contributed by atoms with Crippen molar-refractivity contribution in [3.05, 3.63) is 0 Å².